The molecule has 0 N–H and O–H groups in total. The van der Waals surface area contributed by atoms with Gasteiger partial charge in [0.25, 0.3) is 0 Å². The summed E-state index contributed by atoms with van der Waals surface area (Å²) in [4.78, 5) is 28.9. The van der Waals surface area contributed by atoms with Crippen LogP contribution in [0.15, 0.2) is 60.7 Å². The monoisotopic (exact) mass is 421 g/mol. The molecular weight excluding hydrogens is 390 g/mol. The molecule has 2 aliphatic rings. The normalized spacial score (nSPS) is 25.0. The number of carbonyl (C=O) groups is 2. The third-order valence-electron chi connectivity index (χ3n) is 6.01. The van der Waals surface area contributed by atoms with E-state index in [4.69, 9.17) is 9.47 Å². The van der Waals surface area contributed by atoms with Crippen LogP contribution in [0.25, 0.3) is 0 Å². The molecule has 0 aromatic heterocycles. The van der Waals surface area contributed by atoms with E-state index in [0.29, 0.717) is 0 Å². The van der Waals surface area contributed by atoms with Crippen molar-refractivity contribution in [2.75, 3.05) is 0 Å². The Bertz CT molecular complexity index is 932. The van der Waals surface area contributed by atoms with E-state index in [1.807, 2.05) is 102 Å². The topological polar surface area (TPSA) is 55.8 Å². The lowest BCUT2D eigenvalue weighted by Crippen LogP contribution is -2.72. The summed E-state index contributed by atoms with van der Waals surface area (Å²) in [5.41, 5.74) is -0.330. The van der Waals surface area contributed by atoms with Gasteiger partial charge in [-0.05, 0) is 31.9 Å². The smallest absolute Gasteiger partial charge is 0.412 e. The molecule has 5 heteroatoms. The molecule has 0 unspecified atom stereocenters. The number of Topliss-reactive ketones (excluding diaryl/α,β-unsaturated/α-hetero) is 1. The van der Waals surface area contributed by atoms with Gasteiger partial charge in [-0.15, -0.1) is 0 Å². The molecule has 5 nitrogen and oxygen atoms in total. The number of rotatable bonds is 2. The average molecular weight is 422 g/mol. The number of hydrogen-bond acceptors (Lipinski definition) is 4. The average Bonchev–Trinajstić information content (AvgIpc) is 3.06. The lowest BCUT2D eigenvalue weighted by atomic mass is 9.54. The second-order valence-electron chi connectivity index (χ2n) is 10.5. The molecular formula is C26H31NO4. The molecule has 1 saturated carbocycles. The predicted octanol–water partition coefficient (Wildman–Crippen LogP) is 4.93. The van der Waals surface area contributed by atoms with Crippen LogP contribution >= 0.6 is 0 Å². The molecule has 1 amide bonds. The van der Waals surface area contributed by atoms with Crippen LogP contribution in [-0.4, -0.2) is 40.8 Å². The van der Waals surface area contributed by atoms with Crippen LogP contribution in [0.5, 0.6) is 0 Å². The molecule has 1 aliphatic carbocycles. The largest absolute Gasteiger partial charge is 0.444 e. The maximum Gasteiger partial charge on any atom is 0.412 e. The highest BCUT2D eigenvalue weighted by atomic mass is 16.6. The molecule has 31 heavy (non-hydrogen) atoms. The number of nitrogens with zero attached hydrogens (tertiary/aromatic N) is 1. The van der Waals surface area contributed by atoms with Crippen LogP contribution in [0.3, 0.4) is 0 Å². The van der Waals surface area contributed by atoms with E-state index in [9.17, 15) is 9.59 Å². The number of amides is 1. The van der Waals surface area contributed by atoms with Gasteiger partial charge < -0.3 is 9.47 Å². The minimum Gasteiger partial charge on any atom is -0.444 e. The van der Waals surface area contributed by atoms with Gasteiger partial charge in [0.15, 0.2) is 5.78 Å². The Hall–Kier alpha value is -2.66. The molecule has 164 valence electrons. The van der Waals surface area contributed by atoms with Crippen LogP contribution in [-0.2, 0) is 19.7 Å². The van der Waals surface area contributed by atoms with E-state index in [-0.39, 0.29) is 5.78 Å². The van der Waals surface area contributed by atoms with E-state index >= 15 is 0 Å². The first-order valence-electron chi connectivity index (χ1n) is 10.8. The molecule has 0 spiro atoms. The highest BCUT2D eigenvalue weighted by Gasteiger charge is 2.73. The molecule has 1 heterocycles. The standard InChI is InChI=1S/C26H31NO4/c1-24(2,3)22-27(23(29)31-25(4,5)6)20-19(30-22)21(28)26(20,17-13-9-7-10-14-17)18-15-11-8-12-16-18/h7-16,19-20,22H,1-6H3/t19-,20+,22+/m0/s1. The number of benzene rings is 2. The van der Waals surface area contributed by atoms with Crippen LogP contribution in [0, 0.1) is 5.41 Å². The summed E-state index contributed by atoms with van der Waals surface area (Å²) in [6, 6.07) is 18.9. The number of ether oxygens (including phenoxy) is 2. The number of fused-ring (bicyclic) bond motifs is 1. The number of ketones is 1. The third-order valence-corrected chi connectivity index (χ3v) is 6.01. The molecule has 2 fully saturated rings. The Morgan fingerprint density at radius 1 is 0.903 bits per heavy atom. The van der Waals surface area contributed by atoms with Crippen molar-refractivity contribution in [2.45, 2.75) is 70.9 Å². The fourth-order valence-corrected chi connectivity index (χ4v) is 4.83. The molecule has 0 radical (unpaired) electrons. The van der Waals surface area contributed by atoms with E-state index in [1.165, 1.54) is 0 Å². The molecule has 2 aromatic rings. The summed E-state index contributed by atoms with van der Waals surface area (Å²) in [5.74, 6) is -0.0183. The molecule has 3 atom stereocenters. The van der Waals surface area contributed by atoms with Crippen molar-refractivity contribution in [1.82, 2.24) is 4.90 Å². The number of hydrogen-bond donors (Lipinski definition) is 0. The fourth-order valence-electron chi connectivity index (χ4n) is 4.83. The first-order valence-corrected chi connectivity index (χ1v) is 10.8. The minimum atomic E-state index is -0.996. The first-order chi connectivity index (χ1) is 14.5. The summed E-state index contributed by atoms with van der Waals surface area (Å²) in [6.07, 6.45) is -1.71. The van der Waals surface area contributed by atoms with Gasteiger partial charge in [0, 0.05) is 5.41 Å². The van der Waals surface area contributed by atoms with Gasteiger partial charge in [-0.3, -0.25) is 9.69 Å². The second kappa shape index (κ2) is 7.20. The third kappa shape index (κ3) is 3.35. The first kappa shape index (κ1) is 21.6. The Labute approximate surface area is 184 Å². The van der Waals surface area contributed by atoms with Crippen molar-refractivity contribution in [2.24, 2.45) is 5.41 Å². The van der Waals surface area contributed by atoms with E-state index in [1.54, 1.807) is 4.90 Å². The quantitative estimate of drug-likeness (QED) is 0.690. The summed E-state index contributed by atoms with van der Waals surface area (Å²) in [5, 5.41) is 0. The number of carbonyl (C=O) groups excluding carboxylic acids is 2. The summed E-state index contributed by atoms with van der Waals surface area (Å²) in [7, 11) is 0. The summed E-state index contributed by atoms with van der Waals surface area (Å²) in [6.45, 7) is 11.6. The molecule has 1 saturated heterocycles. The molecule has 0 bridgehead atoms. The van der Waals surface area contributed by atoms with Crippen molar-refractivity contribution in [3.63, 3.8) is 0 Å². The zero-order valence-corrected chi connectivity index (χ0v) is 19.1. The van der Waals surface area contributed by atoms with Gasteiger partial charge in [0.05, 0.1) is 6.04 Å². The van der Waals surface area contributed by atoms with Crippen LogP contribution in [0.2, 0.25) is 0 Å². The Balaban J connectivity index is 1.90. The van der Waals surface area contributed by atoms with Gasteiger partial charge in [0.1, 0.15) is 23.3 Å². The fraction of sp³-hybridized carbons (Fsp3) is 0.462. The van der Waals surface area contributed by atoms with Crippen LogP contribution in [0.1, 0.15) is 52.7 Å². The maximum absolute atomic E-state index is 13.8. The maximum atomic E-state index is 13.8. The zero-order valence-electron chi connectivity index (χ0n) is 19.1. The van der Waals surface area contributed by atoms with Crippen LogP contribution < -0.4 is 0 Å². The minimum absolute atomic E-state index is 0.0183. The van der Waals surface area contributed by atoms with Crippen molar-refractivity contribution in [1.29, 1.82) is 0 Å². The Kier molecular flexibility index (Phi) is 5.01. The zero-order chi connectivity index (χ0) is 22.6. The van der Waals surface area contributed by atoms with Gasteiger partial charge in [-0.25, -0.2) is 4.79 Å². The summed E-state index contributed by atoms with van der Waals surface area (Å²) < 4.78 is 12.1. The van der Waals surface area contributed by atoms with Gasteiger partial charge >= 0.3 is 6.09 Å². The highest BCUT2D eigenvalue weighted by Crippen LogP contribution is 2.55. The Morgan fingerprint density at radius 2 is 1.39 bits per heavy atom. The van der Waals surface area contributed by atoms with Gasteiger partial charge in [-0.1, -0.05) is 81.4 Å². The Morgan fingerprint density at radius 3 is 1.81 bits per heavy atom. The van der Waals surface area contributed by atoms with Crippen molar-refractivity contribution < 1.29 is 19.1 Å². The van der Waals surface area contributed by atoms with E-state index in [0.717, 1.165) is 11.1 Å². The highest BCUT2D eigenvalue weighted by molar-refractivity contribution is 6.07. The van der Waals surface area contributed by atoms with E-state index in [2.05, 4.69) is 0 Å². The van der Waals surface area contributed by atoms with Gasteiger partial charge in [0.2, 0.25) is 0 Å². The van der Waals surface area contributed by atoms with Crippen molar-refractivity contribution >= 4 is 11.9 Å². The van der Waals surface area contributed by atoms with Crippen molar-refractivity contribution in [3.05, 3.63) is 71.8 Å². The van der Waals surface area contributed by atoms with Gasteiger partial charge in [-0.2, -0.15) is 0 Å². The lowest BCUT2D eigenvalue weighted by molar-refractivity contribution is -0.148. The summed E-state index contributed by atoms with van der Waals surface area (Å²) >= 11 is 0. The van der Waals surface area contributed by atoms with Crippen molar-refractivity contribution in [3.8, 4) is 0 Å². The second-order valence-corrected chi connectivity index (χ2v) is 10.5. The molecule has 1 aliphatic heterocycles. The van der Waals surface area contributed by atoms with Crippen LogP contribution in [0.4, 0.5) is 4.79 Å². The molecule has 4 rings (SSSR count). The SMILES string of the molecule is CC(C)(C)OC(=O)N1[C@@H](C(C)(C)C)O[C@@H]2C(=O)C(c3ccccc3)(c3ccccc3)[C@@H]21. The van der Waals surface area contributed by atoms with E-state index < -0.39 is 40.9 Å². The predicted molar refractivity (Wildman–Crippen MR) is 119 cm³/mol. The molecule has 2 aromatic carbocycles. The lowest BCUT2D eigenvalue weighted by Gasteiger charge is -2.52.